The predicted octanol–water partition coefficient (Wildman–Crippen LogP) is 3.77. The molecule has 0 fully saturated rings. The lowest BCUT2D eigenvalue weighted by atomic mass is 9.84. The maximum atomic E-state index is 3.83. The normalized spacial score (nSPS) is 13.4. The molecular formula is C15H23N. The number of nitrogens with one attached hydrogen (secondary N) is 1. The molecule has 0 aliphatic heterocycles. The standard InChI is InChI=1S/C15H23N/c1-5-9-14(15(2,3)4)16-12-13-10-7-6-8-11-13/h5-8,10-11,14,16H,1,9,12H2,2-4H3. The molecule has 1 aromatic carbocycles. The number of rotatable bonds is 5. The van der Waals surface area contributed by atoms with E-state index in [2.05, 4.69) is 63.0 Å². The first-order valence-electron chi connectivity index (χ1n) is 5.92. The van der Waals surface area contributed by atoms with E-state index in [1.807, 2.05) is 6.08 Å². The van der Waals surface area contributed by atoms with Crippen LogP contribution in [-0.4, -0.2) is 6.04 Å². The summed E-state index contributed by atoms with van der Waals surface area (Å²) in [7, 11) is 0. The third-order valence-corrected chi connectivity index (χ3v) is 2.84. The van der Waals surface area contributed by atoms with Crippen LogP contribution in [0.1, 0.15) is 32.8 Å². The highest BCUT2D eigenvalue weighted by Gasteiger charge is 2.22. The zero-order valence-electron chi connectivity index (χ0n) is 10.7. The number of hydrogen-bond donors (Lipinski definition) is 1. The molecule has 16 heavy (non-hydrogen) atoms. The first kappa shape index (κ1) is 13.0. The Kier molecular flexibility index (Phi) is 4.75. The monoisotopic (exact) mass is 217 g/mol. The van der Waals surface area contributed by atoms with Crippen molar-refractivity contribution in [2.75, 3.05) is 0 Å². The summed E-state index contributed by atoms with van der Waals surface area (Å²) in [4.78, 5) is 0. The van der Waals surface area contributed by atoms with Crippen molar-refractivity contribution in [2.45, 2.75) is 39.8 Å². The highest BCUT2D eigenvalue weighted by Crippen LogP contribution is 2.22. The van der Waals surface area contributed by atoms with Crippen molar-refractivity contribution in [2.24, 2.45) is 5.41 Å². The van der Waals surface area contributed by atoms with Crippen LogP contribution in [0.25, 0.3) is 0 Å². The van der Waals surface area contributed by atoms with Crippen molar-refractivity contribution < 1.29 is 0 Å². The molecule has 1 aromatic rings. The van der Waals surface area contributed by atoms with Gasteiger partial charge < -0.3 is 5.32 Å². The topological polar surface area (TPSA) is 12.0 Å². The molecule has 0 aromatic heterocycles. The van der Waals surface area contributed by atoms with Crippen LogP contribution in [0.15, 0.2) is 43.0 Å². The molecule has 1 rings (SSSR count). The molecule has 0 saturated heterocycles. The fourth-order valence-electron chi connectivity index (χ4n) is 1.75. The average Bonchev–Trinajstić information content (AvgIpc) is 2.24. The summed E-state index contributed by atoms with van der Waals surface area (Å²) >= 11 is 0. The van der Waals surface area contributed by atoms with Crippen LogP contribution in [0, 0.1) is 5.41 Å². The summed E-state index contributed by atoms with van der Waals surface area (Å²) in [5, 5.41) is 3.61. The van der Waals surface area contributed by atoms with E-state index in [0.29, 0.717) is 6.04 Å². The Balaban J connectivity index is 2.54. The molecule has 1 nitrogen and oxygen atoms in total. The summed E-state index contributed by atoms with van der Waals surface area (Å²) in [6, 6.07) is 11.0. The third kappa shape index (κ3) is 4.19. The Morgan fingerprint density at radius 1 is 1.25 bits per heavy atom. The van der Waals surface area contributed by atoms with E-state index in [9.17, 15) is 0 Å². The van der Waals surface area contributed by atoms with Gasteiger partial charge in [-0.05, 0) is 17.4 Å². The quantitative estimate of drug-likeness (QED) is 0.740. The molecule has 0 radical (unpaired) electrons. The van der Waals surface area contributed by atoms with E-state index in [4.69, 9.17) is 0 Å². The smallest absolute Gasteiger partial charge is 0.0208 e. The van der Waals surface area contributed by atoms with Crippen molar-refractivity contribution in [3.63, 3.8) is 0 Å². The fourth-order valence-corrected chi connectivity index (χ4v) is 1.75. The molecule has 0 heterocycles. The summed E-state index contributed by atoms with van der Waals surface area (Å²) in [5.74, 6) is 0. The molecule has 0 spiro atoms. The molecule has 1 N–H and O–H groups in total. The molecule has 1 unspecified atom stereocenters. The van der Waals surface area contributed by atoms with Gasteiger partial charge in [-0.3, -0.25) is 0 Å². The first-order chi connectivity index (χ1) is 7.54. The van der Waals surface area contributed by atoms with Crippen LogP contribution in [0.3, 0.4) is 0 Å². The van der Waals surface area contributed by atoms with Gasteiger partial charge in [0.15, 0.2) is 0 Å². The number of benzene rings is 1. The van der Waals surface area contributed by atoms with E-state index >= 15 is 0 Å². The van der Waals surface area contributed by atoms with Gasteiger partial charge in [0.1, 0.15) is 0 Å². The summed E-state index contributed by atoms with van der Waals surface area (Å²) in [6.07, 6.45) is 3.00. The molecule has 0 aliphatic rings. The second kappa shape index (κ2) is 5.86. The predicted molar refractivity (Wildman–Crippen MR) is 71.3 cm³/mol. The highest BCUT2D eigenvalue weighted by atomic mass is 14.9. The van der Waals surface area contributed by atoms with Crippen molar-refractivity contribution >= 4 is 0 Å². The Morgan fingerprint density at radius 3 is 2.38 bits per heavy atom. The zero-order valence-corrected chi connectivity index (χ0v) is 10.7. The summed E-state index contributed by atoms with van der Waals surface area (Å²) in [6.45, 7) is 11.5. The Labute approximate surface area is 99.6 Å². The van der Waals surface area contributed by atoms with Crippen LogP contribution >= 0.6 is 0 Å². The van der Waals surface area contributed by atoms with Crippen LogP contribution in [0.2, 0.25) is 0 Å². The van der Waals surface area contributed by atoms with E-state index in [0.717, 1.165) is 13.0 Å². The van der Waals surface area contributed by atoms with Gasteiger partial charge in [-0.2, -0.15) is 0 Å². The van der Waals surface area contributed by atoms with E-state index in [1.54, 1.807) is 0 Å². The van der Waals surface area contributed by atoms with Gasteiger partial charge in [0.05, 0.1) is 0 Å². The minimum Gasteiger partial charge on any atom is -0.309 e. The molecular weight excluding hydrogens is 194 g/mol. The lowest BCUT2D eigenvalue weighted by molar-refractivity contribution is 0.268. The van der Waals surface area contributed by atoms with Crippen molar-refractivity contribution in [3.8, 4) is 0 Å². The first-order valence-corrected chi connectivity index (χ1v) is 5.92. The fraction of sp³-hybridized carbons (Fsp3) is 0.467. The second-order valence-electron chi connectivity index (χ2n) is 5.31. The van der Waals surface area contributed by atoms with E-state index in [1.165, 1.54) is 5.56 Å². The van der Waals surface area contributed by atoms with Crippen LogP contribution < -0.4 is 5.32 Å². The van der Waals surface area contributed by atoms with Gasteiger partial charge in [0.25, 0.3) is 0 Å². The molecule has 1 heteroatoms. The van der Waals surface area contributed by atoms with Crippen LogP contribution in [0.5, 0.6) is 0 Å². The second-order valence-corrected chi connectivity index (χ2v) is 5.31. The largest absolute Gasteiger partial charge is 0.309 e. The third-order valence-electron chi connectivity index (χ3n) is 2.84. The van der Waals surface area contributed by atoms with Crippen molar-refractivity contribution in [1.29, 1.82) is 0 Å². The van der Waals surface area contributed by atoms with Gasteiger partial charge in [-0.1, -0.05) is 57.2 Å². The Bertz CT molecular complexity index is 308. The van der Waals surface area contributed by atoms with Gasteiger partial charge in [0.2, 0.25) is 0 Å². The minimum absolute atomic E-state index is 0.267. The van der Waals surface area contributed by atoms with E-state index < -0.39 is 0 Å². The highest BCUT2D eigenvalue weighted by molar-refractivity contribution is 5.14. The van der Waals surface area contributed by atoms with Crippen LogP contribution in [0.4, 0.5) is 0 Å². The maximum Gasteiger partial charge on any atom is 0.0208 e. The van der Waals surface area contributed by atoms with Gasteiger partial charge in [-0.25, -0.2) is 0 Å². The van der Waals surface area contributed by atoms with E-state index in [-0.39, 0.29) is 5.41 Å². The SMILES string of the molecule is C=CCC(NCc1ccccc1)C(C)(C)C. The van der Waals surface area contributed by atoms with Crippen molar-refractivity contribution in [3.05, 3.63) is 48.6 Å². The van der Waals surface area contributed by atoms with Gasteiger partial charge in [-0.15, -0.1) is 6.58 Å². The summed E-state index contributed by atoms with van der Waals surface area (Å²) in [5.41, 5.74) is 1.60. The molecule has 0 aliphatic carbocycles. The molecule has 1 atom stereocenters. The minimum atomic E-state index is 0.267. The lowest BCUT2D eigenvalue weighted by Crippen LogP contribution is -2.39. The molecule has 88 valence electrons. The van der Waals surface area contributed by atoms with Crippen LogP contribution in [-0.2, 0) is 6.54 Å². The number of hydrogen-bond acceptors (Lipinski definition) is 1. The molecule has 0 saturated carbocycles. The van der Waals surface area contributed by atoms with Gasteiger partial charge >= 0.3 is 0 Å². The Morgan fingerprint density at radius 2 is 1.88 bits per heavy atom. The Hall–Kier alpha value is -1.08. The lowest BCUT2D eigenvalue weighted by Gasteiger charge is -2.31. The average molecular weight is 217 g/mol. The zero-order chi connectivity index (χ0) is 12.0. The van der Waals surface area contributed by atoms with Gasteiger partial charge in [0, 0.05) is 12.6 Å². The maximum absolute atomic E-state index is 3.83. The summed E-state index contributed by atoms with van der Waals surface area (Å²) < 4.78 is 0. The molecule has 0 bridgehead atoms. The molecule has 0 amide bonds. The van der Waals surface area contributed by atoms with Crippen molar-refractivity contribution in [1.82, 2.24) is 5.32 Å².